The van der Waals surface area contributed by atoms with Crippen LogP contribution in [0.2, 0.25) is 0 Å². The summed E-state index contributed by atoms with van der Waals surface area (Å²) < 4.78 is 30.6. The normalized spacial score (nSPS) is 21.5. The van der Waals surface area contributed by atoms with Crippen molar-refractivity contribution in [2.45, 2.75) is 78.1 Å². The third kappa shape index (κ3) is 4.79. The summed E-state index contributed by atoms with van der Waals surface area (Å²) in [5, 5.41) is 0.802. The van der Waals surface area contributed by atoms with Crippen molar-refractivity contribution in [1.82, 2.24) is 0 Å². The molecule has 2 aromatic rings. The summed E-state index contributed by atoms with van der Waals surface area (Å²) in [7, 11) is 0. The van der Waals surface area contributed by atoms with Crippen molar-refractivity contribution in [3.63, 3.8) is 0 Å². The molecule has 2 aliphatic heterocycles. The highest BCUT2D eigenvalue weighted by Crippen LogP contribution is 2.48. The first kappa shape index (κ1) is 28.5. The van der Waals surface area contributed by atoms with Crippen LogP contribution >= 0.6 is 11.6 Å². The molecule has 40 heavy (non-hydrogen) atoms. The Labute approximate surface area is 243 Å². The molecular formula is C35H40ClF2N2+. The van der Waals surface area contributed by atoms with Crippen molar-refractivity contribution < 1.29 is 13.4 Å². The van der Waals surface area contributed by atoms with Crippen LogP contribution in [0.4, 0.5) is 20.2 Å². The van der Waals surface area contributed by atoms with Gasteiger partial charge in [0.1, 0.15) is 18.2 Å². The molecule has 0 spiro atoms. The maximum Gasteiger partial charge on any atom is 0.209 e. The monoisotopic (exact) mass is 561 g/mol. The number of hydrogen-bond acceptors (Lipinski definition) is 1. The van der Waals surface area contributed by atoms with Crippen LogP contribution in [-0.2, 0) is 10.8 Å². The van der Waals surface area contributed by atoms with Gasteiger partial charge in [0.25, 0.3) is 0 Å². The number of rotatable bonds is 7. The Bertz CT molecular complexity index is 1500. The van der Waals surface area contributed by atoms with Gasteiger partial charge in [0.05, 0.1) is 5.41 Å². The fourth-order valence-electron chi connectivity index (χ4n) is 6.59. The lowest BCUT2D eigenvalue weighted by molar-refractivity contribution is -0.437. The second-order valence-corrected chi connectivity index (χ2v) is 12.6. The van der Waals surface area contributed by atoms with Gasteiger partial charge < -0.3 is 4.90 Å². The van der Waals surface area contributed by atoms with E-state index in [4.69, 9.17) is 11.6 Å². The lowest BCUT2D eigenvalue weighted by atomic mass is 9.81. The summed E-state index contributed by atoms with van der Waals surface area (Å²) in [4.78, 5) is 2.32. The van der Waals surface area contributed by atoms with Gasteiger partial charge in [-0.05, 0) is 86.2 Å². The number of anilines is 1. The van der Waals surface area contributed by atoms with Crippen LogP contribution in [-0.4, -0.2) is 23.4 Å². The molecule has 2 heterocycles. The standard InChI is InChI=1S/C35H40ClF2N2/c1-7-19-39-29-15-13-25(37)21-27(29)34(3,4)31(39)17-11-23-9-10-24(33(23)36)12-18-32-35(5,6)28-22-26(38)14-16-30(28)40(32)20-8-2/h11-18,21-22H,7-10,19-20H2,1-6H3/q+1. The largest absolute Gasteiger partial charge is 0.344 e. The Morgan fingerprint density at radius 1 is 0.875 bits per heavy atom. The number of benzene rings is 2. The first-order valence-corrected chi connectivity index (χ1v) is 14.9. The second kappa shape index (κ2) is 10.8. The fourth-order valence-corrected chi connectivity index (χ4v) is 6.91. The Morgan fingerprint density at radius 3 is 2.27 bits per heavy atom. The summed E-state index contributed by atoms with van der Waals surface area (Å²) in [6.45, 7) is 14.7. The molecule has 0 atom stereocenters. The first-order chi connectivity index (χ1) is 19.0. The molecular weight excluding hydrogens is 522 g/mol. The molecule has 0 N–H and O–H groups in total. The lowest BCUT2D eigenvalue weighted by Crippen LogP contribution is -2.28. The third-order valence-electron chi connectivity index (χ3n) is 8.71. The van der Waals surface area contributed by atoms with E-state index in [1.807, 2.05) is 12.1 Å². The Morgan fingerprint density at radius 2 is 1.57 bits per heavy atom. The minimum atomic E-state index is -0.302. The van der Waals surface area contributed by atoms with E-state index in [0.717, 1.165) is 77.5 Å². The summed E-state index contributed by atoms with van der Waals surface area (Å²) in [6, 6.07) is 10.3. The molecule has 0 aromatic heterocycles. The number of hydrogen-bond donors (Lipinski definition) is 0. The molecule has 0 unspecified atom stereocenters. The molecule has 0 bridgehead atoms. The van der Waals surface area contributed by atoms with Gasteiger partial charge >= 0.3 is 0 Å². The molecule has 0 radical (unpaired) electrons. The zero-order chi connectivity index (χ0) is 28.8. The molecule has 210 valence electrons. The minimum Gasteiger partial charge on any atom is -0.344 e. The van der Waals surface area contributed by atoms with Gasteiger partial charge in [-0.15, -0.1) is 0 Å². The summed E-state index contributed by atoms with van der Waals surface area (Å²) in [6.07, 6.45) is 12.4. The topological polar surface area (TPSA) is 6.25 Å². The molecule has 0 amide bonds. The molecule has 5 heteroatoms. The van der Waals surface area contributed by atoms with Crippen LogP contribution in [0.3, 0.4) is 0 Å². The van der Waals surface area contributed by atoms with Gasteiger partial charge in [-0.25, -0.2) is 8.78 Å². The van der Waals surface area contributed by atoms with Crippen molar-refractivity contribution in [1.29, 1.82) is 0 Å². The second-order valence-electron chi connectivity index (χ2n) is 12.2. The van der Waals surface area contributed by atoms with Crippen LogP contribution in [0, 0.1) is 11.6 Å². The summed E-state index contributed by atoms with van der Waals surface area (Å²) >= 11 is 6.97. The zero-order valence-corrected chi connectivity index (χ0v) is 25.3. The maximum absolute atomic E-state index is 14.2. The van der Waals surface area contributed by atoms with Crippen molar-refractivity contribution in [3.05, 3.63) is 105 Å². The number of nitrogens with zero attached hydrogens (tertiary/aromatic N) is 2. The van der Waals surface area contributed by atoms with Crippen molar-refractivity contribution in [2.75, 3.05) is 18.0 Å². The van der Waals surface area contributed by atoms with Gasteiger partial charge in [0.2, 0.25) is 5.69 Å². The van der Waals surface area contributed by atoms with Crippen molar-refractivity contribution in [3.8, 4) is 0 Å². The smallest absolute Gasteiger partial charge is 0.209 e. The van der Waals surface area contributed by atoms with Gasteiger partial charge in [0.15, 0.2) is 5.71 Å². The Balaban J connectivity index is 1.47. The van der Waals surface area contributed by atoms with Crippen LogP contribution in [0.1, 0.15) is 78.4 Å². The summed E-state index contributed by atoms with van der Waals surface area (Å²) in [5.41, 5.74) is 8.19. The van der Waals surface area contributed by atoms with Crippen LogP contribution in [0.5, 0.6) is 0 Å². The van der Waals surface area contributed by atoms with Gasteiger partial charge in [-0.1, -0.05) is 51.4 Å². The molecule has 5 rings (SSSR count). The van der Waals surface area contributed by atoms with Crippen molar-refractivity contribution >= 4 is 28.7 Å². The van der Waals surface area contributed by atoms with Crippen LogP contribution in [0.25, 0.3) is 0 Å². The third-order valence-corrected chi connectivity index (χ3v) is 9.20. The molecule has 2 nitrogen and oxygen atoms in total. The molecule has 0 saturated heterocycles. The van der Waals surface area contributed by atoms with E-state index in [2.05, 4.69) is 75.3 Å². The van der Waals surface area contributed by atoms with E-state index in [-0.39, 0.29) is 22.5 Å². The van der Waals surface area contributed by atoms with E-state index >= 15 is 0 Å². The van der Waals surface area contributed by atoms with E-state index < -0.39 is 0 Å². The van der Waals surface area contributed by atoms with Crippen molar-refractivity contribution in [2.24, 2.45) is 0 Å². The van der Waals surface area contributed by atoms with E-state index in [9.17, 15) is 8.78 Å². The highest BCUT2D eigenvalue weighted by atomic mass is 35.5. The maximum atomic E-state index is 14.2. The number of halogens is 3. The highest BCUT2D eigenvalue weighted by Gasteiger charge is 2.44. The Hall–Kier alpha value is -2.98. The van der Waals surface area contributed by atoms with Gasteiger partial charge in [0, 0.05) is 52.5 Å². The molecule has 3 aliphatic rings. The van der Waals surface area contributed by atoms with E-state index in [1.165, 1.54) is 11.4 Å². The SMILES string of the molecule is CCCN1/C(=C/C=C2\CCC(/C=C/C3=[N+](CCC)c4ccc(F)cc4C3(C)C)=C2Cl)C(C)(C)c2cc(F)ccc21. The van der Waals surface area contributed by atoms with Gasteiger partial charge in [-0.3, -0.25) is 0 Å². The Kier molecular flexibility index (Phi) is 7.69. The van der Waals surface area contributed by atoms with Crippen LogP contribution < -0.4 is 4.90 Å². The van der Waals surface area contributed by atoms with Gasteiger partial charge in [-0.2, -0.15) is 4.58 Å². The molecule has 2 aromatic carbocycles. The predicted molar refractivity (Wildman–Crippen MR) is 164 cm³/mol. The quantitative estimate of drug-likeness (QED) is 0.305. The van der Waals surface area contributed by atoms with E-state index in [1.54, 1.807) is 24.3 Å². The molecule has 0 saturated carbocycles. The van der Waals surface area contributed by atoms with Crippen LogP contribution in [0.15, 0.2) is 82.6 Å². The number of allylic oxidation sites excluding steroid dienone is 8. The minimum absolute atomic E-state index is 0.199. The average Bonchev–Trinajstić information content (AvgIpc) is 3.43. The lowest BCUT2D eigenvalue weighted by Gasteiger charge is -2.26. The van der Waals surface area contributed by atoms with E-state index in [0.29, 0.717) is 0 Å². The average molecular weight is 562 g/mol. The predicted octanol–water partition coefficient (Wildman–Crippen LogP) is 9.61. The molecule has 0 fully saturated rings. The summed E-state index contributed by atoms with van der Waals surface area (Å²) in [5.74, 6) is -0.398. The zero-order valence-electron chi connectivity index (χ0n) is 24.5. The molecule has 1 aliphatic carbocycles. The highest BCUT2D eigenvalue weighted by molar-refractivity contribution is 6.33. The number of fused-ring (bicyclic) bond motifs is 2. The fraction of sp³-hybridized carbons (Fsp3) is 0.400. The first-order valence-electron chi connectivity index (χ1n) is 14.5.